The quantitative estimate of drug-likeness (QED) is 0.867. The zero-order chi connectivity index (χ0) is 16.9. The van der Waals surface area contributed by atoms with E-state index in [4.69, 9.17) is 9.15 Å². The highest BCUT2D eigenvalue weighted by molar-refractivity contribution is 7.09. The molecule has 3 heterocycles. The zero-order valence-electron chi connectivity index (χ0n) is 14.0. The first-order valence-electron chi connectivity index (χ1n) is 8.23. The van der Waals surface area contributed by atoms with Crippen molar-refractivity contribution < 1.29 is 13.9 Å². The van der Waals surface area contributed by atoms with Crippen molar-refractivity contribution in [3.8, 4) is 0 Å². The molecule has 1 aliphatic rings. The Morgan fingerprint density at radius 3 is 3.08 bits per heavy atom. The number of ether oxygens (including phenoxy) is 1. The number of nitrogens with one attached hydrogen (secondary N) is 1. The molecule has 0 aliphatic carbocycles. The van der Waals surface area contributed by atoms with Gasteiger partial charge in [0.15, 0.2) is 0 Å². The van der Waals surface area contributed by atoms with Gasteiger partial charge in [-0.05, 0) is 38.8 Å². The van der Waals surface area contributed by atoms with Crippen molar-refractivity contribution in [2.24, 2.45) is 0 Å². The van der Waals surface area contributed by atoms with Crippen LogP contribution in [0.1, 0.15) is 42.3 Å². The SMILES string of the molecule is Cc1nc([C@H](C)NC(=O)N(Cc2ccco2)C[C@H]2CCCO2)cs1. The molecular weight excluding hydrogens is 326 g/mol. The van der Waals surface area contributed by atoms with Crippen LogP contribution in [0, 0.1) is 6.92 Å². The monoisotopic (exact) mass is 349 g/mol. The summed E-state index contributed by atoms with van der Waals surface area (Å²) in [4.78, 5) is 18.9. The fourth-order valence-corrected chi connectivity index (χ4v) is 3.48. The second kappa shape index (κ2) is 7.81. The molecule has 1 saturated heterocycles. The Labute approximate surface area is 145 Å². The molecule has 1 aliphatic heterocycles. The highest BCUT2D eigenvalue weighted by Crippen LogP contribution is 2.18. The summed E-state index contributed by atoms with van der Waals surface area (Å²) in [5, 5.41) is 6.01. The van der Waals surface area contributed by atoms with Crippen molar-refractivity contribution in [3.63, 3.8) is 0 Å². The lowest BCUT2D eigenvalue weighted by atomic mass is 10.2. The number of aromatic nitrogens is 1. The van der Waals surface area contributed by atoms with E-state index in [9.17, 15) is 4.79 Å². The number of hydrogen-bond donors (Lipinski definition) is 1. The van der Waals surface area contributed by atoms with Gasteiger partial charge in [-0.1, -0.05) is 0 Å². The van der Waals surface area contributed by atoms with E-state index in [0.29, 0.717) is 13.1 Å². The molecule has 2 aromatic rings. The molecule has 0 radical (unpaired) electrons. The summed E-state index contributed by atoms with van der Waals surface area (Å²) in [5.41, 5.74) is 0.890. The smallest absolute Gasteiger partial charge is 0.318 e. The maximum atomic E-state index is 12.7. The average Bonchev–Trinajstić information content (AvgIpc) is 3.28. The fourth-order valence-electron chi connectivity index (χ4n) is 2.77. The van der Waals surface area contributed by atoms with Gasteiger partial charge >= 0.3 is 6.03 Å². The Morgan fingerprint density at radius 1 is 1.58 bits per heavy atom. The van der Waals surface area contributed by atoms with Gasteiger partial charge in [0.1, 0.15) is 5.76 Å². The molecule has 2 aromatic heterocycles. The fraction of sp³-hybridized carbons (Fsp3) is 0.529. The minimum atomic E-state index is -0.133. The van der Waals surface area contributed by atoms with Crippen LogP contribution in [0.3, 0.4) is 0 Å². The summed E-state index contributed by atoms with van der Waals surface area (Å²) in [5.74, 6) is 0.764. The maximum absolute atomic E-state index is 12.7. The first-order valence-corrected chi connectivity index (χ1v) is 9.11. The molecule has 24 heavy (non-hydrogen) atoms. The van der Waals surface area contributed by atoms with Gasteiger partial charge in [0.25, 0.3) is 0 Å². The van der Waals surface area contributed by atoms with Gasteiger partial charge < -0.3 is 19.4 Å². The van der Waals surface area contributed by atoms with E-state index in [0.717, 1.165) is 35.9 Å². The maximum Gasteiger partial charge on any atom is 0.318 e. The van der Waals surface area contributed by atoms with Gasteiger partial charge in [-0.3, -0.25) is 0 Å². The standard InChI is InChI=1S/C17H23N3O3S/c1-12(16-11-24-13(2)19-16)18-17(21)20(9-14-5-3-7-22-14)10-15-6-4-8-23-15/h3,5,7,11-12,15H,4,6,8-10H2,1-2H3,(H,18,21)/t12-,15+/m0/s1. The van der Waals surface area contributed by atoms with Crippen LogP contribution in [0.4, 0.5) is 4.79 Å². The summed E-state index contributed by atoms with van der Waals surface area (Å²) in [6, 6.07) is 3.45. The highest BCUT2D eigenvalue weighted by Gasteiger charge is 2.25. The molecule has 0 spiro atoms. The summed E-state index contributed by atoms with van der Waals surface area (Å²) in [6.45, 7) is 5.68. The topological polar surface area (TPSA) is 67.6 Å². The Bertz CT molecular complexity index is 650. The van der Waals surface area contributed by atoms with Crippen LogP contribution in [0.2, 0.25) is 0 Å². The van der Waals surface area contributed by atoms with Gasteiger partial charge in [-0.2, -0.15) is 0 Å². The Hall–Kier alpha value is -1.86. The normalized spacial score (nSPS) is 18.5. The Morgan fingerprint density at radius 2 is 2.46 bits per heavy atom. The third-order valence-electron chi connectivity index (χ3n) is 4.08. The molecule has 2 atom stereocenters. The lowest BCUT2D eigenvalue weighted by Gasteiger charge is -2.26. The number of hydrogen-bond acceptors (Lipinski definition) is 5. The molecular formula is C17H23N3O3S. The van der Waals surface area contributed by atoms with Gasteiger partial charge in [0, 0.05) is 18.5 Å². The summed E-state index contributed by atoms with van der Waals surface area (Å²) >= 11 is 1.59. The number of urea groups is 1. The average molecular weight is 349 g/mol. The van der Waals surface area contributed by atoms with Crippen LogP contribution in [-0.4, -0.2) is 35.2 Å². The summed E-state index contributed by atoms with van der Waals surface area (Å²) in [7, 11) is 0. The first kappa shape index (κ1) is 17.0. The lowest BCUT2D eigenvalue weighted by Crippen LogP contribution is -2.44. The number of furan rings is 1. The number of nitrogens with zero attached hydrogens (tertiary/aromatic N) is 2. The number of carbonyl (C=O) groups is 1. The van der Waals surface area contributed by atoms with Crippen LogP contribution in [0.25, 0.3) is 0 Å². The second-order valence-corrected chi connectivity index (χ2v) is 7.12. The molecule has 0 unspecified atom stereocenters. The van der Waals surface area contributed by atoms with Crippen LogP contribution in [0.15, 0.2) is 28.2 Å². The molecule has 3 rings (SSSR count). The van der Waals surface area contributed by atoms with E-state index < -0.39 is 0 Å². The number of aryl methyl sites for hydroxylation is 1. The van der Waals surface area contributed by atoms with E-state index in [-0.39, 0.29) is 18.2 Å². The number of amides is 2. The molecule has 1 fully saturated rings. The molecule has 0 bridgehead atoms. The van der Waals surface area contributed by atoms with E-state index in [1.54, 1.807) is 22.5 Å². The predicted molar refractivity (Wildman–Crippen MR) is 91.9 cm³/mol. The minimum absolute atomic E-state index is 0.0996. The summed E-state index contributed by atoms with van der Waals surface area (Å²) in [6.07, 6.45) is 3.76. The van der Waals surface area contributed by atoms with Crippen molar-refractivity contribution in [1.29, 1.82) is 0 Å². The summed E-state index contributed by atoms with van der Waals surface area (Å²) < 4.78 is 11.1. The number of carbonyl (C=O) groups excluding carboxylic acids is 1. The Balaban J connectivity index is 1.64. The van der Waals surface area contributed by atoms with E-state index in [1.165, 1.54) is 0 Å². The molecule has 0 aromatic carbocycles. The van der Waals surface area contributed by atoms with E-state index in [1.807, 2.05) is 31.4 Å². The van der Waals surface area contributed by atoms with Crippen molar-refractivity contribution in [3.05, 3.63) is 40.2 Å². The van der Waals surface area contributed by atoms with Crippen LogP contribution in [0.5, 0.6) is 0 Å². The minimum Gasteiger partial charge on any atom is -0.467 e. The van der Waals surface area contributed by atoms with Gasteiger partial charge in [-0.25, -0.2) is 9.78 Å². The predicted octanol–water partition coefficient (Wildman–Crippen LogP) is 3.50. The number of thiazole rings is 1. The number of rotatable bonds is 6. The largest absolute Gasteiger partial charge is 0.467 e. The van der Waals surface area contributed by atoms with Crippen LogP contribution >= 0.6 is 11.3 Å². The molecule has 6 nitrogen and oxygen atoms in total. The molecule has 0 saturated carbocycles. The first-order chi connectivity index (χ1) is 11.6. The molecule has 1 N–H and O–H groups in total. The van der Waals surface area contributed by atoms with Crippen molar-refractivity contribution >= 4 is 17.4 Å². The van der Waals surface area contributed by atoms with Gasteiger partial charge in [0.05, 0.1) is 35.7 Å². The van der Waals surface area contributed by atoms with E-state index in [2.05, 4.69) is 10.3 Å². The molecule has 2 amide bonds. The highest BCUT2D eigenvalue weighted by atomic mass is 32.1. The molecule has 130 valence electrons. The van der Waals surface area contributed by atoms with E-state index >= 15 is 0 Å². The van der Waals surface area contributed by atoms with Crippen LogP contribution < -0.4 is 5.32 Å². The van der Waals surface area contributed by atoms with Crippen LogP contribution in [-0.2, 0) is 11.3 Å². The van der Waals surface area contributed by atoms with Gasteiger partial charge in [0.2, 0.25) is 0 Å². The lowest BCUT2D eigenvalue weighted by molar-refractivity contribution is 0.0772. The van der Waals surface area contributed by atoms with Crippen molar-refractivity contribution in [1.82, 2.24) is 15.2 Å². The third-order valence-corrected chi connectivity index (χ3v) is 4.87. The second-order valence-electron chi connectivity index (χ2n) is 6.06. The Kier molecular flexibility index (Phi) is 5.52. The van der Waals surface area contributed by atoms with Crippen molar-refractivity contribution in [2.75, 3.05) is 13.2 Å². The van der Waals surface area contributed by atoms with Gasteiger partial charge in [-0.15, -0.1) is 11.3 Å². The molecule has 7 heteroatoms. The van der Waals surface area contributed by atoms with Crippen molar-refractivity contribution in [2.45, 2.75) is 45.4 Å². The zero-order valence-corrected chi connectivity index (χ0v) is 14.8. The third kappa shape index (κ3) is 4.36.